The van der Waals surface area contributed by atoms with Crippen LogP contribution in [0.1, 0.15) is 32.1 Å². The smallest absolute Gasteiger partial charge is 0.224 e. The molecule has 2 rings (SSSR count). The van der Waals surface area contributed by atoms with Crippen LogP contribution in [0.15, 0.2) is 0 Å². The van der Waals surface area contributed by atoms with Gasteiger partial charge in [0, 0.05) is 25.0 Å². The molecule has 0 aliphatic carbocycles. The van der Waals surface area contributed by atoms with Crippen LogP contribution < -0.4 is 5.32 Å². The van der Waals surface area contributed by atoms with Crippen LogP contribution in [-0.2, 0) is 4.79 Å². The van der Waals surface area contributed by atoms with E-state index >= 15 is 0 Å². The molecule has 0 aromatic rings. The second-order valence-electron chi connectivity index (χ2n) is 4.66. The lowest BCUT2D eigenvalue weighted by atomic mass is 9.99. The zero-order valence-electron chi connectivity index (χ0n) is 9.28. The Bertz CT molecular complexity index is 231. The molecule has 0 aromatic heterocycles. The summed E-state index contributed by atoms with van der Waals surface area (Å²) < 4.78 is 0. The van der Waals surface area contributed by atoms with Crippen molar-refractivity contribution in [2.75, 3.05) is 13.6 Å². The number of hydrogen-bond donors (Lipinski definition) is 2. The molecule has 0 aromatic carbocycles. The maximum Gasteiger partial charge on any atom is 0.224 e. The van der Waals surface area contributed by atoms with E-state index in [1.54, 1.807) is 0 Å². The van der Waals surface area contributed by atoms with Gasteiger partial charge < -0.3 is 15.3 Å². The van der Waals surface area contributed by atoms with Crippen molar-refractivity contribution in [2.24, 2.45) is 0 Å². The Morgan fingerprint density at radius 3 is 2.53 bits per heavy atom. The van der Waals surface area contributed by atoms with Crippen molar-refractivity contribution in [3.05, 3.63) is 0 Å². The SMILES string of the molecule is CNCCC(=O)N1C2CCC1CC(O)C2. The molecule has 2 heterocycles. The van der Waals surface area contributed by atoms with Gasteiger partial charge in [-0.25, -0.2) is 0 Å². The van der Waals surface area contributed by atoms with E-state index in [1.165, 1.54) is 0 Å². The van der Waals surface area contributed by atoms with E-state index in [0.717, 1.165) is 32.2 Å². The standard InChI is InChI=1S/C11H20N2O2/c1-12-5-4-11(15)13-8-2-3-9(13)7-10(14)6-8/h8-10,12,14H,2-7H2,1H3. The van der Waals surface area contributed by atoms with E-state index in [2.05, 4.69) is 5.32 Å². The van der Waals surface area contributed by atoms with Crippen LogP contribution in [0.25, 0.3) is 0 Å². The number of carbonyl (C=O) groups is 1. The molecular formula is C11H20N2O2. The van der Waals surface area contributed by atoms with Crippen LogP contribution >= 0.6 is 0 Å². The fraction of sp³-hybridized carbons (Fsp3) is 0.909. The molecule has 2 N–H and O–H groups in total. The van der Waals surface area contributed by atoms with Gasteiger partial charge >= 0.3 is 0 Å². The van der Waals surface area contributed by atoms with Crippen LogP contribution in [0.3, 0.4) is 0 Å². The number of aliphatic hydroxyl groups is 1. The van der Waals surface area contributed by atoms with E-state index in [9.17, 15) is 9.90 Å². The van der Waals surface area contributed by atoms with Crippen LogP contribution in [0.2, 0.25) is 0 Å². The highest BCUT2D eigenvalue weighted by atomic mass is 16.3. The Hall–Kier alpha value is -0.610. The monoisotopic (exact) mass is 212 g/mol. The third kappa shape index (κ3) is 2.16. The molecule has 2 aliphatic heterocycles. The summed E-state index contributed by atoms with van der Waals surface area (Å²) in [4.78, 5) is 14.0. The molecule has 2 fully saturated rings. The maximum absolute atomic E-state index is 11.9. The van der Waals surface area contributed by atoms with Gasteiger partial charge in [-0.3, -0.25) is 4.79 Å². The minimum atomic E-state index is -0.184. The average molecular weight is 212 g/mol. The third-order valence-corrected chi connectivity index (χ3v) is 3.59. The van der Waals surface area contributed by atoms with E-state index in [0.29, 0.717) is 18.5 Å². The topological polar surface area (TPSA) is 52.6 Å². The first kappa shape index (κ1) is 10.9. The number of aliphatic hydroxyl groups excluding tert-OH is 1. The first-order valence-corrected chi connectivity index (χ1v) is 5.86. The lowest BCUT2D eigenvalue weighted by Crippen LogP contribution is -2.48. The predicted molar refractivity (Wildman–Crippen MR) is 57.4 cm³/mol. The zero-order chi connectivity index (χ0) is 10.8. The normalized spacial score (nSPS) is 34.5. The van der Waals surface area contributed by atoms with E-state index < -0.39 is 0 Å². The molecule has 1 amide bonds. The van der Waals surface area contributed by atoms with Crippen LogP contribution in [-0.4, -0.2) is 47.7 Å². The fourth-order valence-electron chi connectivity index (χ4n) is 2.92. The molecule has 86 valence electrons. The van der Waals surface area contributed by atoms with Crippen LogP contribution in [0.5, 0.6) is 0 Å². The summed E-state index contributed by atoms with van der Waals surface area (Å²) in [7, 11) is 1.86. The Labute approximate surface area is 90.6 Å². The quantitative estimate of drug-likeness (QED) is 0.698. The minimum Gasteiger partial charge on any atom is -0.393 e. The lowest BCUT2D eigenvalue weighted by molar-refractivity contribution is -0.137. The second kappa shape index (κ2) is 4.49. The summed E-state index contributed by atoms with van der Waals surface area (Å²) in [6, 6.07) is 0.617. The summed E-state index contributed by atoms with van der Waals surface area (Å²) in [5, 5.41) is 12.6. The van der Waals surface area contributed by atoms with Gasteiger partial charge in [0.05, 0.1) is 6.10 Å². The number of piperidine rings is 1. The van der Waals surface area contributed by atoms with Crippen LogP contribution in [0.4, 0.5) is 0 Å². The van der Waals surface area contributed by atoms with Crippen molar-refractivity contribution in [1.29, 1.82) is 0 Å². The van der Waals surface area contributed by atoms with Gasteiger partial charge in [-0.1, -0.05) is 0 Å². The Kier molecular flexibility index (Phi) is 3.26. The van der Waals surface area contributed by atoms with Gasteiger partial charge in [-0.2, -0.15) is 0 Å². The van der Waals surface area contributed by atoms with E-state index in [4.69, 9.17) is 0 Å². The van der Waals surface area contributed by atoms with E-state index in [-0.39, 0.29) is 12.0 Å². The first-order chi connectivity index (χ1) is 7.22. The fourth-order valence-corrected chi connectivity index (χ4v) is 2.92. The summed E-state index contributed by atoms with van der Waals surface area (Å²) in [5.41, 5.74) is 0. The molecule has 2 saturated heterocycles. The lowest BCUT2D eigenvalue weighted by Gasteiger charge is -2.37. The number of fused-ring (bicyclic) bond motifs is 2. The van der Waals surface area contributed by atoms with Gasteiger partial charge in [0.2, 0.25) is 5.91 Å². The van der Waals surface area contributed by atoms with Crippen molar-refractivity contribution in [3.8, 4) is 0 Å². The summed E-state index contributed by atoms with van der Waals surface area (Å²) in [5.74, 6) is 0.253. The number of rotatable bonds is 3. The molecule has 15 heavy (non-hydrogen) atoms. The zero-order valence-corrected chi connectivity index (χ0v) is 9.28. The highest BCUT2D eigenvalue weighted by Gasteiger charge is 2.42. The van der Waals surface area contributed by atoms with Gasteiger partial charge in [0.15, 0.2) is 0 Å². The second-order valence-corrected chi connectivity index (χ2v) is 4.66. The highest BCUT2D eigenvalue weighted by molar-refractivity contribution is 5.77. The minimum absolute atomic E-state index is 0.184. The molecule has 4 nitrogen and oxygen atoms in total. The van der Waals surface area contributed by atoms with Crippen molar-refractivity contribution < 1.29 is 9.90 Å². The number of amides is 1. The molecule has 0 saturated carbocycles. The Morgan fingerprint density at radius 2 is 2.00 bits per heavy atom. The highest BCUT2D eigenvalue weighted by Crippen LogP contribution is 2.35. The van der Waals surface area contributed by atoms with Crippen molar-refractivity contribution in [1.82, 2.24) is 10.2 Å². The number of hydrogen-bond acceptors (Lipinski definition) is 3. The van der Waals surface area contributed by atoms with Crippen LogP contribution in [0, 0.1) is 0 Å². The molecule has 2 bridgehead atoms. The Morgan fingerprint density at radius 1 is 1.40 bits per heavy atom. The maximum atomic E-state index is 11.9. The summed E-state index contributed by atoms with van der Waals surface area (Å²) in [6.07, 6.45) is 4.11. The Balaban J connectivity index is 1.95. The van der Waals surface area contributed by atoms with Crippen molar-refractivity contribution >= 4 is 5.91 Å². The molecular weight excluding hydrogens is 192 g/mol. The number of nitrogens with one attached hydrogen (secondary N) is 1. The molecule has 2 aliphatic rings. The third-order valence-electron chi connectivity index (χ3n) is 3.59. The first-order valence-electron chi connectivity index (χ1n) is 5.86. The molecule has 0 spiro atoms. The van der Waals surface area contributed by atoms with Gasteiger partial charge in [0.1, 0.15) is 0 Å². The summed E-state index contributed by atoms with van der Waals surface area (Å²) >= 11 is 0. The van der Waals surface area contributed by atoms with Crippen molar-refractivity contribution in [3.63, 3.8) is 0 Å². The van der Waals surface area contributed by atoms with Gasteiger partial charge in [-0.15, -0.1) is 0 Å². The molecule has 4 heteroatoms. The van der Waals surface area contributed by atoms with Gasteiger partial charge in [-0.05, 0) is 32.7 Å². The number of carbonyl (C=O) groups excluding carboxylic acids is 1. The number of nitrogens with zero attached hydrogens (tertiary/aromatic N) is 1. The summed E-state index contributed by atoms with van der Waals surface area (Å²) in [6.45, 7) is 0.747. The molecule has 0 radical (unpaired) electrons. The van der Waals surface area contributed by atoms with Gasteiger partial charge in [0.25, 0.3) is 0 Å². The average Bonchev–Trinajstić information content (AvgIpc) is 2.48. The molecule has 2 unspecified atom stereocenters. The van der Waals surface area contributed by atoms with Crippen molar-refractivity contribution in [2.45, 2.75) is 50.3 Å². The largest absolute Gasteiger partial charge is 0.393 e. The van der Waals surface area contributed by atoms with E-state index in [1.807, 2.05) is 11.9 Å². The molecule has 2 atom stereocenters. The predicted octanol–water partition coefficient (Wildman–Crippen LogP) is 0.110.